The van der Waals surface area contributed by atoms with Crippen molar-refractivity contribution in [2.45, 2.75) is 87.9 Å². The van der Waals surface area contributed by atoms with E-state index >= 15 is 0 Å². The van der Waals surface area contributed by atoms with E-state index in [1.54, 1.807) is 0 Å². The molecule has 0 aliphatic rings. The first-order valence-electron chi connectivity index (χ1n) is 9.77. The van der Waals surface area contributed by atoms with Crippen LogP contribution in [0.2, 0.25) is 0 Å². The number of unbranched alkanes of at least 4 members (excludes halogenated alkanes) is 5. The van der Waals surface area contributed by atoms with E-state index in [9.17, 15) is 62.3 Å². The van der Waals surface area contributed by atoms with Crippen LogP contribution in [0.5, 0.6) is 0 Å². The maximum absolute atomic E-state index is 13.2. The summed E-state index contributed by atoms with van der Waals surface area (Å²) >= 11 is 0. The Morgan fingerprint density at radius 1 is 0.588 bits per heavy atom. The third-order valence-electron chi connectivity index (χ3n) is 4.32. The van der Waals surface area contributed by atoms with E-state index in [0.29, 0.717) is 19.3 Å². The van der Waals surface area contributed by atoms with Gasteiger partial charge in [-0.25, -0.2) is 17.6 Å². The van der Waals surface area contributed by atoms with Crippen molar-refractivity contribution in [3.8, 4) is 0 Å². The zero-order valence-electron chi connectivity index (χ0n) is 17.4. The Bertz CT molecular complexity index is 640. The number of alkyl halides is 12. The predicted molar refractivity (Wildman–Crippen MR) is 90.7 cm³/mol. The lowest BCUT2D eigenvalue weighted by atomic mass is 10.1. The quantitative estimate of drug-likeness (QED) is 0.127. The molecular weight excluding hydrogens is 508 g/mol. The lowest BCUT2D eigenvalue weighted by molar-refractivity contribution is -0.344. The van der Waals surface area contributed by atoms with Crippen LogP contribution in [0, 0.1) is 0 Å². The first-order chi connectivity index (χ1) is 15.4. The van der Waals surface area contributed by atoms with Crippen molar-refractivity contribution >= 4 is 11.9 Å². The average molecular weight is 530 g/mol. The highest BCUT2D eigenvalue weighted by molar-refractivity contribution is 5.69. The van der Waals surface area contributed by atoms with Gasteiger partial charge in [-0.1, -0.05) is 25.7 Å². The summed E-state index contributed by atoms with van der Waals surface area (Å²) in [4.78, 5) is 22.5. The summed E-state index contributed by atoms with van der Waals surface area (Å²) in [6.45, 7) is -4.28. The number of carbonyl (C=O) groups is 2. The first-order valence-corrected chi connectivity index (χ1v) is 9.77. The van der Waals surface area contributed by atoms with Crippen LogP contribution in [0.25, 0.3) is 0 Å². The molecule has 0 aromatic rings. The molecule has 202 valence electrons. The predicted octanol–water partition coefficient (Wildman–Crippen LogP) is 6.27. The third-order valence-corrected chi connectivity index (χ3v) is 4.32. The number of hydrogen-bond acceptors (Lipinski definition) is 4. The summed E-state index contributed by atoms with van der Waals surface area (Å²) < 4.78 is 159. The van der Waals surface area contributed by atoms with Gasteiger partial charge in [-0.15, -0.1) is 0 Å². The van der Waals surface area contributed by atoms with Crippen LogP contribution in [-0.4, -0.2) is 61.7 Å². The molecule has 0 fully saturated rings. The van der Waals surface area contributed by atoms with Crippen LogP contribution >= 0.6 is 0 Å². The summed E-state index contributed by atoms with van der Waals surface area (Å²) in [5.74, 6) is -25.6. The monoisotopic (exact) mass is 530 g/mol. The van der Waals surface area contributed by atoms with Gasteiger partial charge in [-0.2, -0.15) is 35.1 Å². The molecule has 0 aliphatic carbocycles. The molecule has 16 heteroatoms. The zero-order valence-corrected chi connectivity index (χ0v) is 17.4. The van der Waals surface area contributed by atoms with Gasteiger partial charge in [-0.3, -0.25) is 9.59 Å². The van der Waals surface area contributed by atoms with Gasteiger partial charge < -0.3 is 9.47 Å². The fourth-order valence-corrected chi connectivity index (χ4v) is 2.27. The molecule has 0 aromatic carbocycles. The molecular formula is C18H22F12O4. The highest BCUT2D eigenvalue weighted by Gasteiger charge is 2.75. The summed E-state index contributed by atoms with van der Waals surface area (Å²) in [5, 5.41) is 0. The molecule has 0 rings (SSSR count). The Balaban J connectivity index is 4.04. The molecule has 0 saturated carbocycles. The Hall–Kier alpha value is -1.90. The van der Waals surface area contributed by atoms with Gasteiger partial charge in [0.15, 0.2) is 13.2 Å². The lowest BCUT2D eigenvalue weighted by Gasteiger charge is -2.31. The van der Waals surface area contributed by atoms with E-state index in [1.165, 1.54) is 0 Å². The van der Waals surface area contributed by atoms with Gasteiger partial charge in [0, 0.05) is 12.8 Å². The number of esters is 2. The molecule has 0 N–H and O–H groups in total. The minimum atomic E-state index is -6.47. The van der Waals surface area contributed by atoms with Gasteiger partial charge >= 0.3 is 48.5 Å². The Morgan fingerprint density at radius 2 is 0.971 bits per heavy atom. The largest absolute Gasteiger partial charge is 0.459 e. The van der Waals surface area contributed by atoms with E-state index in [-0.39, 0.29) is 25.7 Å². The topological polar surface area (TPSA) is 52.6 Å². The second-order valence-corrected chi connectivity index (χ2v) is 7.21. The summed E-state index contributed by atoms with van der Waals surface area (Å²) in [6, 6.07) is 0. The van der Waals surface area contributed by atoms with Crippen LogP contribution < -0.4 is 0 Å². The minimum absolute atomic E-state index is 0.0126. The van der Waals surface area contributed by atoms with Gasteiger partial charge in [0.25, 0.3) is 0 Å². The van der Waals surface area contributed by atoms with E-state index in [1.807, 2.05) is 0 Å². The molecule has 0 aromatic heterocycles. The van der Waals surface area contributed by atoms with Crippen LogP contribution in [-0.2, 0) is 19.1 Å². The second kappa shape index (κ2) is 13.3. The molecule has 0 heterocycles. The highest BCUT2D eigenvalue weighted by atomic mass is 19.4. The number of carbonyl (C=O) groups excluding carboxylic acids is 2. The Labute approximate surface area is 185 Å². The standard InChI is InChI=1S/C18H22F12O4/c19-13(20)15(23,24)9-33-11(31)7-5-3-1-2-4-6-8-12(32)34-10-16(25,26)18(29,30)17(27,28)14(21)22/h13-14H,1-10H2. The highest BCUT2D eigenvalue weighted by Crippen LogP contribution is 2.48. The van der Waals surface area contributed by atoms with Crippen molar-refractivity contribution in [3.05, 3.63) is 0 Å². The van der Waals surface area contributed by atoms with Crippen LogP contribution in [0.3, 0.4) is 0 Å². The number of ether oxygens (including phenoxy) is 2. The van der Waals surface area contributed by atoms with E-state index in [2.05, 4.69) is 9.47 Å². The molecule has 0 bridgehead atoms. The Morgan fingerprint density at radius 3 is 1.35 bits per heavy atom. The minimum Gasteiger partial charge on any atom is -0.459 e. The van der Waals surface area contributed by atoms with Gasteiger partial charge in [0.1, 0.15) is 0 Å². The van der Waals surface area contributed by atoms with Crippen molar-refractivity contribution in [1.82, 2.24) is 0 Å². The van der Waals surface area contributed by atoms with Crippen LogP contribution in [0.15, 0.2) is 0 Å². The van der Waals surface area contributed by atoms with Crippen molar-refractivity contribution in [2.75, 3.05) is 13.2 Å². The third kappa shape index (κ3) is 9.76. The number of rotatable bonds is 17. The van der Waals surface area contributed by atoms with E-state index in [4.69, 9.17) is 0 Å². The fourth-order valence-electron chi connectivity index (χ4n) is 2.27. The molecule has 0 unspecified atom stereocenters. The maximum atomic E-state index is 13.2. The normalized spacial score (nSPS) is 13.5. The van der Waals surface area contributed by atoms with Gasteiger partial charge in [0.05, 0.1) is 0 Å². The summed E-state index contributed by atoms with van der Waals surface area (Å²) in [6.07, 6.45) is -8.21. The molecule has 0 amide bonds. The van der Waals surface area contributed by atoms with E-state index < -0.39 is 68.1 Å². The molecule has 0 aliphatic heterocycles. The smallest absolute Gasteiger partial charge is 0.381 e. The van der Waals surface area contributed by atoms with Gasteiger partial charge in [-0.05, 0) is 12.8 Å². The fraction of sp³-hybridized carbons (Fsp3) is 0.889. The van der Waals surface area contributed by atoms with Gasteiger partial charge in [0.2, 0.25) is 0 Å². The van der Waals surface area contributed by atoms with Crippen molar-refractivity contribution in [3.63, 3.8) is 0 Å². The average Bonchev–Trinajstić information content (AvgIpc) is 2.72. The Kier molecular flexibility index (Phi) is 12.5. The van der Waals surface area contributed by atoms with Crippen LogP contribution in [0.4, 0.5) is 52.7 Å². The molecule has 0 atom stereocenters. The van der Waals surface area contributed by atoms with Crippen molar-refractivity contribution in [2.24, 2.45) is 0 Å². The molecule has 0 radical (unpaired) electrons. The van der Waals surface area contributed by atoms with Crippen LogP contribution in [0.1, 0.15) is 51.4 Å². The summed E-state index contributed by atoms with van der Waals surface area (Å²) in [7, 11) is 0. The summed E-state index contributed by atoms with van der Waals surface area (Å²) in [5.41, 5.74) is 0. The van der Waals surface area contributed by atoms with Crippen molar-refractivity contribution < 1.29 is 71.7 Å². The molecule has 0 spiro atoms. The zero-order chi connectivity index (χ0) is 26.8. The molecule has 4 nitrogen and oxygen atoms in total. The second-order valence-electron chi connectivity index (χ2n) is 7.21. The number of halogens is 12. The lowest BCUT2D eigenvalue weighted by Crippen LogP contribution is -2.59. The number of hydrogen-bond donors (Lipinski definition) is 0. The first kappa shape index (κ1) is 32.1. The van der Waals surface area contributed by atoms with Crippen molar-refractivity contribution in [1.29, 1.82) is 0 Å². The molecule has 0 saturated heterocycles. The SMILES string of the molecule is O=C(CCCCCCCCC(=O)OCC(F)(F)C(F)(F)C(F)(F)C(F)F)OCC(F)(F)C(F)F. The molecule has 34 heavy (non-hydrogen) atoms. The maximum Gasteiger partial charge on any atom is 0.381 e. The van der Waals surface area contributed by atoms with E-state index in [0.717, 1.165) is 0 Å².